The lowest BCUT2D eigenvalue weighted by Crippen LogP contribution is -2.44. The summed E-state index contributed by atoms with van der Waals surface area (Å²) in [5.74, 6) is 0.948. The van der Waals surface area contributed by atoms with Crippen molar-refractivity contribution in [1.29, 1.82) is 0 Å². The number of guanidine groups is 1. The number of hydrogen-bond acceptors (Lipinski definition) is 3. The molecular formula is C18H34N4O2. The first kappa shape index (κ1) is 18.9. The maximum absolute atomic E-state index is 11.6. The molecule has 0 aromatic carbocycles. The number of likely N-dealkylation sites (tertiary alicyclic amines) is 1. The fourth-order valence-corrected chi connectivity index (χ4v) is 3.81. The van der Waals surface area contributed by atoms with Crippen molar-refractivity contribution in [3.05, 3.63) is 0 Å². The summed E-state index contributed by atoms with van der Waals surface area (Å²) in [6.07, 6.45) is 7.77. The van der Waals surface area contributed by atoms with Crippen molar-refractivity contribution in [3.63, 3.8) is 0 Å². The van der Waals surface area contributed by atoms with E-state index in [1.807, 2.05) is 27.8 Å². The summed E-state index contributed by atoms with van der Waals surface area (Å²) in [4.78, 5) is 18.4. The minimum atomic E-state index is -0.461. The Morgan fingerprint density at radius 2 is 1.79 bits per heavy atom. The van der Waals surface area contributed by atoms with Crippen LogP contribution in [-0.4, -0.2) is 55.8 Å². The van der Waals surface area contributed by atoms with Crippen LogP contribution in [0.2, 0.25) is 0 Å². The molecule has 0 unspecified atom stereocenters. The van der Waals surface area contributed by atoms with E-state index in [0.717, 1.165) is 19.0 Å². The van der Waals surface area contributed by atoms with Gasteiger partial charge in [0.05, 0.1) is 0 Å². The Morgan fingerprint density at radius 3 is 2.42 bits per heavy atom. The number of rotatable bonds is 3. The van der Waals surface area contributed by atoms with Crippen molar-refractivity contribution in [2.75, 3.05) is 33.2 Å². The smallest absolute Gasteiger partial charge is 0.407 e. The number of nitrogens with one attached hydrogen (secondary N) is 2. The summed E-state index contributed by atoms with van der Waals surface area (Å²) in [6.45, 7) is 8.96. The molecule has 0 aromatic heterocycles. The first-order chi connectivity index (χ1) is 11.3. The normalized spacial score (nSPS) is 21.0. The predicted molar refractivity (Wildman–Crippen MR) is 97.3 cm³/mol. The van der Waals surface area contributed by atoms with Gasteiger partial charge < -0.3 is 20.3 Å². The average Bonchev–Trinajstić information content (AvgIpc) is 2.89. The first-order valence-corrected chi connectivity index (χ1v) is 9.26. The van der Waals surface area contributed by atoms with Crippen molar-refractivity contribution in [1.82, 2.24) is 15.5 Å². The Bertz CT molecular complexity index is 450. The molecule has 1 aliphatic heterocycles. The summed E-state index contributed by atoms with van der Waals surface area (Å²) in [5, 5.41) is 6.13. The van der Waals surface area contributed by atoms with Gasteiger partial charge in [0.2, 0.25) is 0 Å². The van der Waals surface area contributed by atoms with Gasteiger partial charge in [-0.2, -0.15) is 0 Å². The summed E-state index contributed by atoms with van der Waals surface area (Å²) in [5.41, 5.74) is 0.0576. The maximum Gasteiger partial charge on any atom is 0.407 e. The van der Waals surface area contributed by atoms with Gasteiger partial charge in [0, 0.05) is 33.2 Å². The number of carbonyl (C=O) groups is 1. The van der Waals surface area contributed by atoms with Crippen LogP contribution in [-0.2, 0) is 4.74 Å². The lowest BCUT2D eigenvalue weighted by Gasteiger charge is -2.33. The highest BCUT2D eigenvalue weighted by molar-refractivity contribution is 5.80. The van der Waals surface area contributed by atoms with Gasteiger partial charge in [0.1, 0.15) is 5.60 Å². The molecule has 0 radical (unpaired) electrons. The zero-order valence-corrected chi connectivity index (χ0v) is 15.8. The molecule has 0 atom stereocenters. The largest absolute Gasteiger partial charge is 0.444 e. The van der Waals surface area contributed by atoms with Gasteiger partial charge in [-0.1, -0.05) is 19.3 Å². The van der Waals surface area contributed by atoms with Gasteiger partial charge in [-0.25, -0.2) is 4.79 Å². The van der Waals surface area contributed by atoms with E-state index in [-0.39, 0.29) is 6.09 Å². The van der Waals surface area contributed by atoms with Gasteiger partial charge in [-0.05, 0) is 45.4 Å². The zero-order valence-electron chi connectivity index (χ0n) is 15.8. The Hall–Kier alpha value is -1.46. The van der Waals surface area contributed by atoms with Gasteiger partial charge in [0.15, 0.2) is 5.96 Å². The quantitative estimate of drug-likeness (QED) is 0.472. The molecule has 0 bridgehead atoms. The fraction of sp³-hybridized carbons (Fsp3) is 0.889. The van der Waals surface area contributed by atoms with Crippen LogP contribution in [0.25, 0.3) is 0 Å². The van der Waals surface area contributed by atoms with Crippen molar-refractivity contribution >= 4 is 12.1 Å². The van der Waals surface area contributed by atoms with Crippen molar-refractivity contribution in [3.8, 4) is 0 Å². The molecule has 0 aromatic rings. The molecule has 6 heteroatoms. The Balaban J connectivity index is 1.71. The molecule has 6 nitrogen and oxygen atoms in total. The van der Waals surface area contributed by atoms with E-state index in [0.29, 0.717) is 18.5 Å². The number of ether oxygens (including phenoxy) is 1. The molecular weight excluding hydrogens is 304 g/mol. The molecule has 2 rings (SSSR count). The van der Waals surface area contributed by atoms with Gasteiger partial charge >= 0.3 is 6.09 Å². The number of amides is 1. The number of hydrogen-bond donors (Lipinski definition) is 2. The van der Waals surface area contributed by atoms with Crippen LogP contribution in [0.3, 0.4) is 0 Å². The summed E-state index contributed by atoms with van der Waals surface area (Å²) < 4.78 is 5.23. The van der Waals surface area contributed by atoms with Crippen molar-refractivity contribution in [2.45, 2.75) is 64.9 Å². The van der Waals surface area contributed by atoms with Crippen molar-refractivity contribution in [2.24, 2.45) is 10.4 Å². The maximum atomic E-state index is 11.6. The van der Waals surface area contributed by atoms with E-state index in [1.165, 1.54) is 38.5 Å². The SMILES string of the molecule is CN=C(NCCNC(=O)OC(C)(C)C)N1CCC2(CCCCC2)C1. The number of carbonyl (C=O) groups excluding carboxylic acids is 1. The lowest BCUT2D eigenvalue weighted by atomic mass is 9.73. The van der Waals surface area contributed by atoms with Crippen LogP contribution >= 0.6 is 0 Å². The van der Waals surface area contributed by atoms with Crippen LogP contribution in [0.15, 0.2) is 4.99 Å². The Labute approximate surface area is 146 Å². The molecule has 2 aliphatic rings. The molecule has 138 valence electrons. The summed E-state index contributed by atoms with van der Waals surface area (Å²) >= 11 is 0. The molecule has 1 aliphatic carbocycles. The van der Waals surface area contributed by atoms with E-state index in [1.54, 1.807) is 0 Å². The van der Waals surface area contributed by atoms with E-state index >= 15 is 0 Å². The highest BCUT2D eigenvalue weighted by Crippen LogP contribution is 2.43. The van der Waals surface area contributed by atoms with Gasteiger partial charge in [0.25, 0.3) is 0 Å². The second-order valence-corrected chi connectivity index (χ2v) is 8.13. The molecule has 1 amide bonds. The topological polar surface area (TPSA) is 66.0 Å². The average molecular weight is 338 g/mol. The van der Waals surface area contributed by atoms with Crippen molar-refractivity contribution < 1.29 is 9.53 Å². The monoisotopic (exact) mass is 338 g/mol. The second-order valence-electron chi connectivity index (χ2n) is 8.13. The number of nitrogens with zero attached hydrogens (tertiary/aromatic N) is 2. The van der Waals surface area contributed by atoms with Crippen LogP contribution in [0, 0.1) is 5.41 Å². The lowest BCUT2D eigenvalue weighted by molar-refractivity contribution is 0.0529. The minimum Gasteiger partial charge on any atom is -0.444 e. The molecule has 24 heavy (non-hydrogen) atoms. The molecule has 2 N–H and O–H groups in total. The standard InChI is InChI=1S/C18H34N4O2/c1-17(2,3)24-16(23)21-12-11-20-15(19-4)22-13-10-18(14-22)8-6-5-7-9-18/h5-14H2,1-4H3,(H,19,20)(H,21,23). The van der Waals surface area contributed by atoms with E-state index in [9.17, 15) is 4.79 Å². The molecule has 1 heterocycles. The molecule has 2 fully saturated rings. The molecule has 1 spiro atoms. The van der Waals surface area contributed by atoms with Crippen LogP contribution in [0.1, 0.15) is 59.3 Å². The van der Waals surface area contributed by atoms with E-state index in [2.05, 4.69) is 20.5 Å². The third kappa shape index (κ3) is 5.56. The highest BCUT2D eigenvalue weighted by Gasteiger charge is 2.39. The third-order valence-corrected chi connectivity index (χ3v) is 4.94. The highest BCUT2D eigenvalue weighted by atomic mass is 16.6. The summed E-state index contributed by atoms with van der Waals surface area (Å²) in [7, 11) is 1.83. The van der Waals surface area contributed by atoms with E-state index in [4.69, 9.17) is 4.74 Å². The zero-order chi connectivity index (χ0) is 17.6. The fourth-order valence-electron chi connectivity index (χ4n) is 3.81. The second kappa shape index (κ2) is 8.08. The predicted octanol–water partition coefficient (Wildman–Crippen LogP) is 2.74. The van der Waals surface area contributed by atoms with Gasteiger partial charge in [-0.3, -0.25) is 4.99 Å². The first-order valence-electron chi connectivity index (χ1n) is 9.26. The van der Waals surface area contributed by atoms with Gasteiger partial charge in [-0.15, -0.1) is 0 Å². The van der Waals surface area contributed by atoms with Crippen LogP contribution < -0.4 is 10.6 Å². The molecule has 1 saturated heterocycles. The van der Waals surface area contributed by atoms with Crippen LogP contribution in [0.5, 0.6) is 0 Å². The summed E-state index contributed by atoms with van der Waals surface area (Å²) in [6, 6.07) is 0. The minimum absolute atomic E-state index is 0.374. The third-order valence-electron chi connectivity index (χ3n) is 4.94. The molecule has 1 saturated carbocycles. The van der Waals surface area contributed by atoms with Crippen LogP contribution in [0.4, 0.5) is 4.79 Å². The Morgan fingerprint density at radius 1 is 1.12 bits per heavy atom. The Kier molecular flexibility index (Phi) is 6.35. The number of alkyl carbamates (subject to hydrolysis) is 1. The number of aliphatic imine (C=N–C) groups is 1. The van der Waals surface area contributed by atoms with E-state index < -0.39 is 5.60 Å².